The summed E-state index contributed by atoms with van der Waals surface area (Å²) in [6, 6.07) is 7.31. The summed E-state index contributed by atoms with van der Waals surface area (Å²) in [7, 11) is 0. The molecule has 5 N–H and O–H groups in total. The smallest absolute Gasteiger partial charge is 0.224 e. The number of H-pyrrole nitrogens is 1. The maximum Gasteiger partial charge on any atom is 0.224 e. The number of rotatable bonds is 1. The van der Waals surface area contributed by atoms with Crippen molar-refractivity contribution in [3.8, 4) is 11.3 Å². The fourth-order valence-electron chi connectivity index (χ4n) is 1.79. The van der Waals surface area contributed by atoms with Gasteiger partial charge < -0.3 is 11.5 Å². The first-order valence-electron chi connectivity index (χ1n) is 5.18. The van der Waals surface area contributed by atoms with Crippen molar-refractivity contribution in [1.29, 1.82) is 0 Å². The van der Waals surface area contributed by atoms with E-state index in [2.05, 4.69) is 20.2 Å². The Bertz CT molecular complexity index is 718. The zero-order valence-corrected chi connectivity index (χ0v) is 9.94. The van der Waals surface area contributed by atoms with Gasteiger partial charge in [-0.3, -0.25) is 5.10 Å². The van der Waals surface area contributed by atoms with E-state index in [1.54, 1.807) is 12.1 Å². The van der Waals surface area contributed by atoms with Gasteiger partial charge in [-0.25, -0.2) is 0 Å². The second kappa shape index (κ2) is 3.85. The second-order valence-electron chi connectivity index (χ2n) is 3.77. The summed E-state index contributed by atoms with van der Waals surface area (Å²) in [5.41, 5.74) is 13.5. The van der Waals surface area contributed by atoms with Gasteiger partial charge in [0.15, 0.2) is 5.65 Å². The number of aromatic amines is 1. The highest BCUT2D eigenvalue weighted by atomic mass is 35.5. The highest BCUT2D eigenvalue weighted by molar-refractivity contribution is 6.30. The van der Waals surface area contributed by atoms with Crippen LogP contribution in [0.4, 0.5) is 11.8 Å². The first-order chi connectivity index (χ1) is 8.65. The van der Waals surface area contributed by atoms with Gasteiger partial charge in [0.1, 0.15) is 5.82 Å². The van der Waals surface area contributed by atoms with Crippen LogP contribution < -0.4 is 11.5 Å². The number of halogens is 1. The van der Waals surface area contributed by atoms with Gasteiger partial charge >= 0.3 is 0 Å². The molecule has 2 aromatic heterocycles. The number of nitrogen functional groups attached to an aromatic ring is 2. The quantitative estimate of drug-likeness (QED) is 0.619. The standard InChI is InChI=1S/C11H9ClN6/c12-6-3-1-5(2-4-6)8-7-9(13)15-11(14)16-10(7)18-17-8/h1-4H,(H5,13,14,15,16,17,18). The van der Waals surface area contributed by atoms with E-state index in [9.17, 15) is 0 Å². The summed E-state index contributed by atoms with van der Waals surface area (Å²) in [5.74, 6) is 0.408. The minimum atomic E-state index is 0.106. The zero-order chi connectivity index (χ0) is 12.7. The average molecular weight is 261 g/mol. The monoisotopic (exact) mass is 260 g/mol. The van der Waals surface area contributed by atoms with E-state index in [4.69, 9.17) is 23.1 Å². The molecule has 0 saturated heterocycles. The molecular weight excluding hydrogens is 252 g/mol. The molecule has 0 aliphatic carbocycles. The zero-order valence-electron chi connectivity index (χ0n) is 9.18. The molecule has 0 aliphatic heterocycles. The molecule has 1 aromatic carbocycles. The van der Waals surface area contributed by atoms with Crippen molar-refractivity contribution in [2.45, 2.75) is 0 Å². The summed E-state index contributed by atoms with van der Waals surface area (Å²) in [6.45, 7) is 0. The summed E-state index contributed by atoms with van der Waals surface area (Å²) in [5, 5.41) is 8.28. The van der Waals surface area contributed by atoms with Gasteiger partial charge in [0.2, 0.25) is 5.95 Å². The fourth-order valence-corrected chi connectivity index (χ4v) is 1.92. The third-order valence-electron chi connectivity index (χ3n) is 2.59. The molecule has 0 aliphatic rings. The minimum Gasteiger partial charge on any atom is -0.383 e. The van der Waals surface area contributed by atoms with Crippen LogP contribution in [-0.2, 0) is 0 Å². The van der Waals surface area contributed by atoms with Crippen LogP contribution >= 0.6 is 11.6 Å². The molecule has 3 rings (SSSR count). The Balaban J connectivity index is 2.27. The number of anilines is 2. The maximum absolute atomic E-state index is 5.85. The molecule has 7 heteroatoms. The first kappa shape index (κ1) is 10.8. The largest absolute Gasteiger partial charge is 0.383 e. The van der Waals surface area contributed by atoms with Crippen LogP contribution in [0, 0.1) is 0 Å². The van der Waals surface area contributed by atoms with Gasteiger partial charge in [-0.15, -0.1) is 0 Å². The summed E-state index contributed by atoms with van der Waals surface area (Å²) in [4.78, 5) is 7.95. The van der Waals surface area contributed by atoms with E-state index in [0.29, 0.717) is 21.9 Å². The first-order valence-corrected chi connectivity index (χ1v) is 5.56. The Hall–Kier alpha value is -2.34. The van der Waals surface area contributed by atoms with Crippen LogP contribution in [-0.4, -0.2) is 20.2 Å². The number of nitrogens with zero attached hydrogens (tertiary/aromatic N) is 3. The predicted octanol–water partition coefficient (Wildman–Crippen LogP) is 1.84. The van der Waals surface area contributed by atoms with Crippen molar-refractivity contribution in [3.05, 3.63) is 29.3 Å². The molecule has 0 spiro atoms. The van der Waals surface area contributed by atoms with Crippen molar-refractivity contribution < 1.29 is 0 Å². The average Bonchev–Trinajstić information content (AvgIpc) is 2.74. The predicted molar refractivity (Wildman–Crippen MR) is 71.0 cm³/mol. The third kappa shape index (κ3) is 1.63. The number of hydrogen-bond donors (Lipinski definition) is 3. The van der Waals surface area contributed by atoms with E-state index in [-0.39, 0.29) is 5.95 Å². The number of aromatic nitrogens is 4. The topological polar surface area (TPSA) is 106 Å². The molecule has 0 fully saturated rings. The van der Waals surface area contributed by atoms with E-state index < -0.39 is 0 Å². The van der Waals surface area contributed by atoms with E-state index >= 15 is 0 Å². The number of hydrogen-bond acceptors (Lipinski definition) is 5. The van der Waals surface area contributed by atoms with Gasteiger partial charge in [-0.05, 0) is 12.1 Å². The van der Waals surface area contributed by atoms with Crippen molar-refractivity contribution in [2.24, 2.45) is 0 Å². The second-order valence-corrected chi connectivity index (χ2v) is 4.21. The molecule has 18 heavy (non-hydrogen) atoms. The number of benzene rings is 1. The molecule has 6 nitrogen and oxygen atoms in total. The third-order valence-corrected chi connectivity index (χ3v) is 2.84. The highest BCUT2D eigenvalue weighted by Crippen LogP contribution is 2.29. The van der Waals surface area contributed by atoms with Crippen LogP contribution in [0.15, 0.2) is 24.3 Å². The van der Waals surface area contributed by atoms with Crippen molar-refractivity contribution in [2.75, 3.05) is 11.5 Å². The van der Waals surface area contributed by atoms with Crippen LogP contribution in [0.5, 0.6) is 0 Å². The van der Waals surface area contributed by atoms with Gasteiger partial charge in [-0.2, -0.15) is 15.1 Å². The van der Waals surface area contributed by atoms with Gasteiger partial charge in [-0.1, -0.05) is 23.7 Å². The normalized spacial score (nSPS) is 10.9. The molecule has 90 valence electrons. The van der Waals surface area contributed by atoms with E-state index in [0.717, 1.165) is 11.3 Å². The lowest BCUT2D eigenvalue weighted by molar-refractivity contribution is 1.10. The molecule has 0 unspecified atom stereocenters. The summed E-state index contributed by atoms with van der Waals surface area (Å²) >= 11 is 5.85. The molecule has 0 saturated carbocycles. The SMILES string of the molecule is Nc1nc(N)c2c(-c3ccc(Cl)cc3)[nH]nc2n1. The molecular formula is C11H9ClN6. The lowest BCUT2D eigenvalue weighted by Gasteiger charge is -2.01. The maximum atomic E-state index is 5.85. The van der Waals surface area contributed by atoms with Crippen LogP contribution in [0.3, 0.4) is 0 Å². The van der Waals surface area contributed by atoms with E-state index in [1.807, 2.05) is 12.1 Å². The van der Waals surface area contributed by atoms with Crippen molar-refractivity contribution in [3.63, 3.8) is 0 Å². The van der Waals surface area contributed by atoms with Gasteiger partial charge in [0, 0.05) is 10.6 Å². The van der Waals surface area contributed by atoms with Crippen LogP contribution in [0.25, 0.3) is 22.3 Å². The number of nitrogens with one attached hydrogen (secondary N) is 1. The molecule has 3 aromatic rings. The molecule has 0 atom stereocenters. The minimum absolute atomic E-state index is 0.106. The van der Waals surface area contributed by atoms with Crippen molar-refractivity contribution >= 4 is 34.4 Å². The lowest BCUT2D eigenvalue weighted by atomic mass is 10.1. The summed E-state index contributed by atoms with van der Waals surface area (Å²) in [6.07, 6.45) is 0. The Labute approximate surface area is 107 Å². The molecule has 0 radical (unpaired) electrons. The van der Waals surface area contributed by atoms with E-state index in [1.165, 1.54) is 0 Å². The molecule has 0 bridgehead atoms. The summed E-state index contributed by atoms with van der Waals surface area (Å²) < 4.78 is 0. The van der Waals surface area contributed by atoms with Crippen LogP contribution in [0.1, 0.15) is 0 Å². The Kier molecular flexibility index (Phi) is 2.31. The number of nitrogens with two attached hydrogens (primary N) is 2. The Morgan fingerprint density at radius 1 is 1.06 bits per heavy atom. The Morgan fingerprint density at radius 2 is 1.78 bits per heavy atom. The lowest BCUT2D eigenvalue weighted by Crippen LogP contribution is -1.99. The fraction of sp³-hybridized carbons (Fsp3) is 0. The van der Waals surface area contributed by atoms with Gasteiger partial charge in [0.05, 0.1) is 11.1 Å². The van der Waals surface area contributed by atoms with Gasteiger partial charge in [0.25, 0.3) is 0 Å². The Morgan fingerprint density at radius 3 is 2.50 bits per heavy atom. The van der Waals surface area contributed by atoms with Crippen LogP contribution in [0.2, 0.25) is 5.02 Å². The molecule has 2 heterocycles. The highest BCUT2D eigenvalue weighted by Gasteiger charge is 2.13. The van der Waals surface area contributed by atoms with Crippen molar-refractivity contribution in [1.82, 2.24) is 20.2 Å². The number of fused-ring (bicyclic) bond motifs is 1. The molecule has 0 amide bonds.